The van der Waals surface area contributed by atoms with Crippen LogP contribution in [0.1, 0.15) is 15.9 Å². The minimum Gasteiger partial charge on any atom is -0.274 e. The zero-order valence-electron chi connectivity index (χ0n) is 10.3. The van der Waals surface area contributed by atoms with Gasteiger partial charge in [0, 0.05) is 18.8 Å². The van der Waals surface area contributed by atoms with E-state index in [2.05, 4.69) is 10.3 Å². The van der Waals surface area contributed by atoms with Gasteiger partial charge in [-0.3, -0.25) is 9.63 Å². The second-order valence-corrected chi connectivity index (χ2v) is 3.79. The number of aromatic nitrogens is 3. The third-order valence-corrected chi connectivity index (χ3v) is 2.55. The monoisotopic (exact) mass is 246 g/mol. The Morgan fingerprint density at radius 2 is 2.33 bits per heavy atom. The molecule has 0 radical (unpaired) electrons. The molecule has 0 aliphatic rings. The quantitative estimate of drug-likeness (QED) is 0.754. The number of amides is 1. The molecule has 0 unspecified atom stereocenters. The van der Waals surface area contributed by atoms with Gasteiger partial charge in [0.15, 0.2) is 0 Å². The first-order chi connectivity index (χ1) is 8.70. The summed E-state index contributed by atoms with van der Waals surface area (Å²) < 4.78 is 1.70. The van der Waals surface area contributed by atoms with Crippen LogP contribution in [0.4, 0.5) is 0 Å². The molecular weight excluding hydrogens is 232 g/mol. The van der Waals surface area contributed by atoms with Gasteiger partial charge in [-0.25, -0.2) is 9.75 Å². The molecule has 0 atom stereocenters. The first-order valence-corrected chi connectivity index (χ1v) is 5.46. The lowest BCUT2D eigenvalue weighted by Gasteiger charge is -2.14. The van der Waals surface area contributed by atoms with Gasteiger partial charge in [-0.05, 0) is 17.7 Å². The number of benzene rings is 1. The van der Waals surface area contributed by atoms with Crippen LogP contribution in [-0.2, 0) is 11.4 Å². The van der Waals surface area contributed by atoms with E-state index in [4.69, 9.17) is 4.84 Å². The minimum absolute atomic E-state index is 0.182. The predicted molar refractivity (Wildman–Crippen MR) is 64.7 cm³/mol. The second-order valence-electron chi connectivity index (χ2n) is 3.79. The van der Waals surface area contributed by atoms with Crippen molar-refractivity contribution in [3.05, 3.63) is 47.8 Å². The fourth-order valence-electron chi connectivity index (χ4n) is 1.57. The molecule has 0 N–H and O–H groups in total. The van der Waals surface area contributed by atoms with Crippen molar-refractivity contribution in [1.29, 1.82) is 0 Å². The van der Waals surface area contributed by atoms with Crippen LogP contribution in [0.25, 0.3) is 0 Å². The normalized spacial score (nSPS) is 10.3. The van der Waals surface area contributed by atoms with Crippen molar-refractivity contribution < 1.29 is 9.63 Å². The Kier molecular flexibility index (Phi) is 3.69. The van der Waals surface area contributed by atoms with Gasteiger partial charge in [0.25, 0.3) is 5.91 Å². The number of hydrogen-bond acceptors (Lipinski definition) is 4. The van der Waals surface area contributed by atoms with E-state index in [1.165, 1.54) is 12.2 Å². The lowest BCUT2D eigenvalue weighted by Crippen LogP contribution is -2.25. The van der Waals surface area contributed by atoms with Gasteiger partial charge in [0.2, 0.25) is 0 Å². The maximum atomic E-state index is 11.9. The fourth-order valence-corrected chi connectivity index (χ4v) is 1.57. The molecule has 1 aromatic carbocycles. The van der Waals surface area contributed by atoms with Crippen molar-refractivity contribution in [2.45, 2.75) is 6.54 Å². The highest BCUT2D eigenvalue weighted by Gasteiger charge is 2.11. The highest BCUT2D eigenvalue weighted by molar-refractivity contribution is 5.93. The Morgan fingerprint density at radius 1 is 1.50 bits per heavy atom. The smallest absolute Gasteiger partial charge is 0.274 e. The molecule has 0 bridgehead atoms. The molecule has 2 aromatic rings. The number of carbonyl (C=O) groups excluding carboxylic acids is 1. The lowest BCUT2D eigenvalue weighted by atomic mass is 10.1. The molecule has 0 aliphatic heterocycles. The Morgan fingerprint density at radius 3 is 3.00 bits per heavy atom. The molecule has 1 amide bonds. The van der Waals surface area contributed by atoms with Crippen molar-refractivity contribution in [1.82, 2.24) is 20.1 Å². The van der Waals surface area contributed by atoms with E-state index < -0.39 is 0 Å². The first kappa shape index (κ1) is 12.3. The number of carbonyl (C=O) groups is 1. The predicted octanol–water partition coefficient (Wildman–Crippen LogP) is 0.960. The van der Waals surface area contributed by atoms with Crippen LogP contribution in [0, 0.1) is 0 Å². The van der Waals surface area contributed by atoms with Crippen LogP contribution in [0.2, 0.25) is 0 Å². The van der Waals surface area contributed by atoms with Crippen molar-refractivity contribution in [3.63, 3.8) is 0 Å². The molecule has 0 saturated heterocycles. The summed E-state index contributed by atoms with van der Waals surface area (Å²) in [7, 11) is 3.03. The summed E-state index contributed by atoms with van der Waals surface area (Å²) in [6.45, 7) is 0.581. The van der Waals surface area contributed by atoms with Crippen LogP contribution in [0.5, 0.6) is 0 Å². The third-order valence-electron chi connectivity index (χ3n) is 2.55. The molecule has 6 heteroatoms. The zero-order chi connectivity index (χ0) is 13.0. The summed E-state index contributed by atoms with van der Waals surface area (Å²) in [6, 6.07) is 7.34. The molecule has 0 saturated carbocycles. The summed E-state index contributed by atoms with van der Waals surface area (Å²) in [4.78, 5) is 16.8. The summed E-state index contributed by atoms with van der Waals surface area (Å²) >= 11 is 0. The third kappa shape index (κ3) is 2.72. The van der Waals surface area contributed by atoms with Crippen molar-refractivity contribution >= 4 is 5.91 Å². The summed E-state index contributed by atoms with van der Waals surface area (Å²) in [6.07, 6.45) is 3.39. The standard InChI is InChI=1S/C12H14N4O2/c1-15(18-2)12(17)11-5-3-4-10(8-11)9-16-7-6-13-14-16/h3-8H,9H2,1-2H3. The van der Waals surface area contributed by atoms with E-state index in [9.17, 15) is 4.79 Å². The number of rotatable bonds is 4. The molecule has 0 aliphatic carbocycles. The summed E-state index contributed by atoms with van der Waals surface area (Å²) in [5.41, 5.74) is 1.56. The molecule has 18 heavy (non-hydrogen) atoms. The van der Waals surface area contributed by atoms with E-state index >= 15 is 0 Å². The van der Waals surface area contributed by atoms with E-state index in [1.807, 2.05) is 18.2 Å². The van der Waals surface area contributed by atoms with Crippen molar-refractivity contribution in [2.75, 3.05) is 14.2 Å². The fraction of sp³-hybridized carbons (Fsp3) is 0.250. The van der Waals surface area contributed by atoms with Gasteiger partial charge in [0.05, 0.1) is 19.9 Å². The van der Waals surface area contributed by atoms with Gasteiger partial charge >= 0.3 is 0 Å². The molecule has 1 aromatic heterocycles. The van der Waals surface area contributed by atoms with Gasteiger partial charge in [0.1, 0.15) is 0 Å². The average Bonchev–Trinajstić information content (AvgIpc) is 2.90. The molecule has 0 spiro atoms. The van der Waals surface area contributed by atoms with Crippen LogP contribution in [0.3, 0.4) is 0 Å². The van der Waals surface area contributed by atoms with Crippen molar-refractivity contribution in [2.24, 2.45) is 0 Å². The number of hydroxylamine groups is 2. The summed E-state index contributed by atoms with van der Waals surface area (Å²) in [5, 5.41) is 8.81. The highest BCUT2D eigenvalue weighted by atomic mass is 16.7. The highest BCUT2D eigenvalue weighted by Crippen LogP contribution is 2.09. The van der Waals surface area contributed by atoms with Crippen LogP contribution in [-0.4, -0.2) is 40.1 Å². The van der Waals surface area contributed by atoms with E-state index in [0.717, 1.165) is 5.56 Å². The van der Waals surface area contributed by atoms with E-state index in [0.29, 0.717) is 12.1 Å². The lowest BCUT2D eigenvalue weighted by molar-refractivity contribution is -0.0757. The van der Waals surface area contributed by atoms with E-state index in [1.54, 1.807) is 30.2 Å². The van der Waals surface area contributed by atoms with Crippen molar-refractivity contribution in [3.8, 4) is 0 Å². The minimum atomic E-state index is -0.182. The Balaban J connectivity index is 2.17. The largest absolute Gasteiger partial charge is 0.277 e. The molecule has 2 rings (SSSR count). The maximum Gasteiger partial charge on any atom is 0.277 e. The molecule has 94 valence electrons. The SMILES string of the molecule is CON(C)C(=O)c1cccc(Cn2ccnn2)c1. The van der Waals surface area contributed by atoms with Crippen LogP contribution in [0.15, 0.2) is 36.7 Å². The topological polar surface area (TPSA) is 60.2 Å². The molecule has 1 heterocycles. The van der Waals surface area contributed by atoms with Gasteiger partial charge in [-0.15, -0.1) is 5.10 Å². The average molecular weight is 246 g/mol. The Labute approximate surface area is 105 Å². The Bertz CT molecular complexity index is 525. The number of nitrogens with zero attached hydrogens (tertiary/aromatic N) is 4. The maximum absolute atomic E-state index is 11.9. The van der Waals surface area contributed by atoms with E-state index in [-0.39, 0.29) is 5.91 Å². The first-order valence-electron chi connectivity index (χ1n) is 5.46. The molecular formula is C12H14N4O2. The van der Waals surface area contributed by atoms with Crippen LogP contribution < -0.4 is 0 Å². The molecule has 0 fully saturated rings. The Hall–Kier alpha value is -2.21. The second kappa shape index (κ2) is 5.42. The van der Waals surface area contributed by atoms with Crippen LogP contribution >= 0.6 is 0 Å². The van der Waals surface area contributed by atoms with Gasteiger partial charge in [-0.2, -0.15) is 0 Å². The van der Waals surface area contributed by atoms with Gasteiger partial charge < -0.3 is 0 Å². The number of hydrogen-bond donors (Lipinski definition) is 0. The zero-order valence-corrected chi connectivity index (χ0v) is 10.3. The molecule has 6 nitrogen and oxygen atoms in total. The van der Waals surface area contributed by atoms with Gasteiger partial charge in [-0.1, -0.05) is 17.3 Å². The summed E-state index contributed by atoms with van der Waals surface area (Å²) in [5.74, 6) is -0.182.